The number of carbonyl (C=O) groups is 1. The summed E-state index contributed by atoms with van der Waals surface area (Å²) in [4.78, 5) is 12.2. The standard InChI is InChI=1S/C15H20O5S/c1-11-3-5-13(6-4-11)14(16)19-15(20-21(17)18)9-7-12(2)8-10-15/h3-6,12H,7-10H2,1-2H3,(H,17,18). The normalized spacial score (nSPS) is 27.1. The molecule has 116 valence electrons. The molecule has 1 aromatic rings. The summed E-state index contributed by atoms with van der Waals surface area (Å²) in [6, 6.07) is 6.98. The predicted octanol–water partition coefficient (Wildman–Crippen LogP) is 3.21. The number of hydrogen-bond donors (Lipinski definition) is 1. The van der Waals surface area contributed by atoms with Crippen molar-refractivity contribution in [3.05, 3.63) is 35.4 Å². The van der Waals surface area contributed by atoms with E-state index in [4.69, 9.17) is 13.5 Å². The molecule has 1 saturated carbocycles. The Morgan fingerprint density at radius 1 is 1.29 bits per heavy atom. The zero-order valence-corrected chi connectivity index (χ0v) is 13.0. The molecule has 0 radical (unpaired) electrons. The minimum absolute atomic E-state index is 0.408. The van der Waals surface area contributed by atoms with Gasteiger partial charge < -0.3 is 4.74 Å². The lowest BCUT2D eigenvalue weighted by Crippen LogP contribution is -2.42. The average Bonchev–Trinajstić information content (AvgIpc) is 2.42. The van der Waals surface area contributed by atoms with Gasteiger partial charge in [0.05, 0.1) is 5.56 Å². The third-order valence-corrected chi connectivity index (χ3v) is 4.27. The van der Waals surface area contributed by atoms with Gasteiger partial charge >= 0.3 is 17.3 Å². The van der Waals surface area contributed by atoms with E-state index in [0.717, 1.165) is 18.4 Å². The lowest BCUT2D eigenvalue weighted by molar-refractivity contribution is -0.165. The largest absolute Gasteiger partial charge is 0.428 e. The molecule has 5 nitrogen and oxygen atoms in total. The zero-order chi connectivity index (χ0) is 15.5. The van der Waals surface area contributed by atoms with Crippen molar-refractivity contribution in [2.45, 2.75) is 45.3 Å². The molecule has 1 aliphatic carbocycles. The topological polar surface area (TPSA) is 72.8 Å². The van der Waals surface area contributed by atoms with Gasteiger partial charge in [-0.2, -0.15) is 4.21 Å². The van der Waals surface area contributed by atoms with E-state index in [1.54, 1.807) is 12.1 Å². The summed E-state index contributed by atoms with van der Waals surface area (Å²) in [6.45, 7) is 4.03. The fraction of sp³-hybridized carbons (Fsp3) is 0.533. The van der Waals surface area contributed by atoms with Gasteiger partial charge in [0.2, 0.25) is 5.79 Å². The maximum atomic E-state index is 12.2. The van der Waals surface area contributed by atoms with Gasteiger partial charge in [0.25, 0.3) is 0 Å². The lowest BCUT2D eigenvalue weighted by Gasteiger charge is -2.36. The molecule has 1 aliphatic rings. The number of aryl methyl sites for hydroxylation is 1. The predicted molar refractivity (Wildman–Crippen MR) is 78.8 cm³/mol. The van der Waals surface area contributed by atoms with E-state index in [-0.39, 0.29) is 0 Å². The van der Waals surface area contributed by atoms with Gasteiger partial charge in [0, 0.05) is 12.8 Å². The van der Waals surface area contributed by atoms with Gasteiger partial charge in [-0.1, -0.05) is 24.6 Å². The SMILES string of the molecule is Cc1ccc(C(=O)OC2(OS(=O)O)CCC(C)CC2)cc1. The Hall–Kier alpha value is -1.24. The molecule has 21 heavy (non-hydrogen) atoms. The van der Waals surface area contributed by atoms with Crippen LogP contribution in [0.15, 0.2) is 24.3 Å². The lowest BCUT2D eigenvalue weighted by atomic mass is 9.86. The Kier molecular flexibility index (Phi) is 5.13. The van der Waals surface area contributed by atoms with E-state index in [0.29, 0.717) is 24.3 Å². The molecule has 2 rings (SSSR count). The molecule has 6 heteroatoms. The first kappa shape index (κ1) is 16.1. The quantitative estimate of drug-likeness (QED) is 0.525. The van der Waals surface area contributed by atoms with Gasteiger partial charge in [-0.05, 0) is 37.8 Å². The number of carbonyl (C=O) groups excluding carboxylic acids is 1. The van der Waals surface area contributed by atoms with Crippen LogP contribution in [-0.4, -0.2) is 20.5 Å². The molecule has 0 aromatic heterocycles. The average molecular weight is 312 g/mol. The van der Waals surface area contributed by atoms with Gasteiger partial charge in [0.1, 0.15) is 0 Å². The molecule has 1 fully saturated rings. The van der Waals surface area contributed by atoms with Crippen LogP contribution in [0.4, 0.5) is 0 Å². The Labute approximate surface area is 127 Å². The first-order valence-electron chi connectivity index (χ1n) is 7.00. The molecule has 1 atom stereocenters. The fourth-order valence-electron chi connectivity index (χ4n) is 2.45. The van der Waals surface area contributed by atoms with Crippen molar-refractivity contribution in [3.8, 4) is 0 Å². The second-order valence-electron chi connectivity index (χ2n) is 5.65. The van der Waals surface area contributed by atoms with Gasteiger partial charge in [-0.3, -0.25) is 4.55 Å². The molecule has 1 unspecified atom stereocenters. The molecule has 1 N–H and O–H groups in total. The van der Waals surface area contributed by atoms with E-state index < -0.39 is 23.1 Å². The van der Waals surface area contributed by atoms with Crippen LogP contribution in [0, 0.1) is 12.8 Å². The highest BCUT2D eigenvalue weighted by molar-refractivity contribution is 7.74. The summed E-state index contributed by atoms with van der Waals surface area (Å²) < 4.78 is 30.5. The number of benzene rings is 1. The van der Waals surface area contributed by atoms with Gasteiger partial charge in [0.15, 0.2) is 0 Å². The number of rotatable bonds is 4. The zero-order valence-electron chi connectivity index (χ0n) is 12.2. The van der Waals surface area contributed by atoms with Crippen LogP contribution < -0.4 is 0 Å². The minimum Gasteiger partial charge on any atom is -0.428 e. The molecule has 0 amide bonds. The fourth-order valence-corrected chi connectivity index (χ4v) is 2.91. The Morgan fingerprint density at radius 2 is 1.86 bits per heavy atom. The highest BCUT2D eigenvalue weighted by Crippen LogP contribution is 2.36. The molecule has 0 bridgehead atoms. The molecular formula is C15H20O5S. The van der Waals surface area contributed by atoms with Gasteiger partial charge in [-0.25, -0.2) is 8.98 Å². The maximum Gasteiger partial charge on any atom is 0.340 e. The van der Waals surface area contributed by atoms with Gasteiger partial charge in [-0.15, -0.1) is 0 Å². The molecule has 1 aromatic carbocycles. The smallest absolute Gasteiger partial charge is 0.340 e. The van der Waals surface area contributed by atoms with Crippen LogP contribution in [0.5, 0.6) is 0 Å². The Balaban J connectivity index is 2.13. The second kappa shape index (κ2) is 6.68. The van der Waals surface area contributed by atoms with Crippen LogP contribution in [0.25, 0.3) is 0 Å². The van der Waals surface area contributed by atoms with Crippen molar-refractivity contribution in [1.82, 2.24) is 0 Å². The third-order valence-electron chi connectivity index (χ3n) is 3.83. The molecular weight excluding hydrogens is 292 g/mol. The van der Waals surface area contributed by atoms with E-state index in [1.165, 1.54) is 0 Å². The summed E-state index contributed by atoms with van der Waals surface area (Å²) in [7, 11) is 0. The number of hydrogen-bond acceptors (Lipinski definition) is 4. The third kappa shape index (κ3) is 4.36. The molecule has 0 aliphatic heterocycles. The van der Waals surface area contributed by atoms with Crippen molar-refractivity contribution < 1.29 is 22.5 Å². The number of esters is 1. The van der Waals surface area contributed by atoms with Crippen molar-refractivity contribution in [2.75, 3.05) is 0 Å². The highest BCUT2D eigenvalue weighted by atomic mass is 32.2. The van der Waals surface area contributed by atoms with Crippen LogP contribution in [0.1, 0.15) is 48.5 Å². The Morgan fingerprint density at radius 3 is 2.38 bits per heavy atom. The van der Waals surface area contributed by atoms with Crippen molar-refractivity contribution >= 4 is 17.3 Å². The van der Waals surface area contributed by atoms with Crippen LogP contribution >= 0.6 is 0 Å². The van der Waals surface area contributed by atoms with Crippen LogP contribution in [-0.2, 0) is 20.3 Å². The van der Waals surface area contributed by atoms with E-state index in [2.05, 4.69) is 6.92 Å². The van der Waals surface area contributed by atoms with E-state index >= 15 is 0 Å². The van der Waals surface area contributed by atoms with Crippen LogP contribution in [0.3, 0.4) is 0 Å². The second-order valence-corrected chi connectivity index (χ2v) is 6.25. The van der Waals surface area contributed by atoms with E-state index in [1.807, 2.05) is 19.1 Å². The Bertz CT molecular complexity index is 517. The first-order valence-corrected chi connectivity index (χ1v) is 8.04. The summed E-state index contributed by atoms with van der Waals surface area (Å²) in [5.41, 5.74) is 1.45. The number of ether oxygens (including phenoxy) is 1. The summed E-state index contributed by atoms with van der Waals surface area (Å²) in [6.07, 6.45) is 2.44. The van der Waals surface area contributed by atoms with Crippen molar-refractivity contribution in [1.29, 1.82) is 0 Å². The van der Waals surface area contributed by atoms with Crippen molar-refractivity contribution in [2.24, 2.45) is 5.92 Å². The molecule has 0 spiro atoms. The minimum atomic E-state index is -2.47. The van der Waals surface area contributed by atoms with E-state index in [9.17, 15) is 9.00 Å². The molecule has 0 heterocycles. The highest BCUT2D eigenvalue weighted by Gasteiger charge is 2.41. The first-order chi connectivity index (χ1) is 9.90. The van der Waals surface area contributed by atoms with Crippen molar-refractivity contribution in [3.63, 3.8) is 0 Å². The summed E-state index contributed by atoms with van der Waals surface area (Å²) in [5.74, 6) is -1.34. The summed E-state index contributed by atoms with van der Waals surface area (Å²) in [5, 5.41) is 0. The maximum absolute atomic E-state index is 12.2. The van der Waals surface area contributed by atoms with Crippen LogP contribution in [0.2, 0.25) is 0 Å². The monoisotopic (exact) mass is 312 g/mol. The molecule has 0 saturated heterocycles. The summed E-state index contributed by atoms with van der Waals surface area (Å²) >= 11 is -2.47.